The van der Waals surface area contributed by atoms with E-state index in [0.29, 0.717) is 46.6 Å². The van der Waals surface area contributed by atoms with Gasteiger partial charge < -0.3 is 19.2 Å². The monoisotopic (exact) mass is 515 g/mol. The summed E-state index contributed by atoms with van der Waals surface area (Å²) in [5, 5.41) is 9.57. The normalized spacial score (nSPS) is 11.7. The number of carbonyl (C=O) groups is 2. The van der Waals surface area contributed by atoms with Crippen LogP contribution in [-0.2, 0) is 9.59 Å². The quantitative estimate of drug-likeness (QED) is 0.353. The summed E-state index contributed by atoms with van der Waals surface area (Å²) < 4.78 is 13.3. The van der Waals surface area contributed by atoms with Crippen molar-refractivity contribution in [1.29, 1.82) is 0 Å². The molecule has 2 rings (SSSR count). The Morgan fingerprint density at radius 3 is 2.50 bits per heavy atom. The van der Waals surface area contributed by atoms with Gasteiger partial charge in [-0.15, -0.1) is 0 Å². The van der Waals surface area contributed by atoms with E-state index in [1.54, 1.807) is 11.0 Å². The van der Waals surface area contributed by atoms with E-state index in [-0.39, 0.29) is 18.9 Å². The molecule has 0 aliphatic carbocycles. The fourth-order valence-corrected chi connectivity index (χ4v) is 4.06. The average Bonchev–Trinajstić information content (AvgIpc) is 3.07. The molecule has 1 amide bonds. The first-order valence-electron chi connectivity index (χ1n) is 9.02. The Morgan fingerprint density at radius 2 is 1.89 bits per heavy atom. The number of furan rings is 1. The molecular weight excluding hydrogens is 494 g/mol. The van der Waals surface area contributed by atoms with Crippen LogP contribution in [0.15, 0.2) is 31.6 Å². The summed E-state index contributed by atoms with van der Waals surface area (Å²) in [6, 6.07) is 3.71. The number of hydrogen-bond acceptors (Lipinski definition) is 4. The van der Waals surface area contributed by atoms with Crippen LogP contribution in [0.1, 0.15) is 39.4 Å². The Balaban J connectivity index is 2.35. The highest BCUT2D eigenvalue weighted by atomic mass is 79.9. The number of aliphatic carboxylic acids is 1. The molecule has 0 atom stereocenters. The van der Waals surface area contributed by atoms with Crippen LogP contribution in [0.3, 0.4) is 0 Å². The van der Waals surface area contributed by atoms with Gasteiger partial charge in [-0.3, -0.25) is 9.59 Å². The lowest BCUT2D eigenvalue weighted by Gasteiger charge is -2.16. The molecular formula is C20H23Br2NO5. The van der Waals surface area contributed by atoms with E-state index in [1.807, 2.05) is 32.9 Å². The number of likely N-dealkylation sites (N-methyl/N-ethyl adjacent to an activating group) is 1. The van der Waals surface area contributed by atoms with E-state index >= 15 is 0 Å². The Morgan fingerprint density at radius 1 is 1.21 bits per heavy atom. The molecule has 0 radical (unpaired) electrons. The number of hydrogen-bond donors (Lipinski definition) is 1. The van der Waals surface area contributed by atoms with Crippen LogP contribution < -0.4 is 4.74 Å². The first-order chi connectivity index (χ1) is 13.3. The van der Waals surface area contributed by atoms with Crippen molar-refractivity contribution in [2.24, 2.45) is 0 Å². The average molecular weight is 517 g/mol. The fourth-order valence-electron chi connectivity index (χ4n) is 2.71. The van der Waals surface area contributed by atoms with Crippen molar-refractivity contribution < 1.29 is 23.8 Å². The van der Waals surface area contributed by atoms with Gasteiger partial charge in [-0.1, -0.05) is 0 Å². The molecule has 152 valence electrons. The Hall–Kier alpha value is -1.80. The topological polar surface area (TPSA) is 80.0 Å². The van der Waals surface area contributed by atoms with Gasteiger partial charge in [0.25, 0.3) is 0 Å². The summed E-state index contributed by atoms with van der Waals surface area (Å²) in [7, 11) is 0. The smallest absolute Gasteiger partial charge is 0.303 e. The minimum absolute atomic E-state index is 0.0377. The highest BCUT2D eigenvalue weighted by Crippen LogP contribution is 2.41. The van der Waals surface area contributed by atoms with Gasteiger partial charge in [0.2, 0.25) is 5.91 Å². The highest BCUT2D eigenvalue weighted by Gasteiger charge is 2.18. The molecule has 0 spiro atoms. The van der Waals surface area contributed by atoms with Crippen molar-refractivity contribution in [2.45, 2.75) is 33.6 Å². The van der Waals surface area contributed by atoms with Crippen LogP contribution in [0, 0.1) is 0 Å². The third-order valence-electron chi connectivity index (χ3n) is 4.25. The number of fused-ring (bicyclic) bond motifs is 1. The van der Waals surface area contributed by atoms with Crippen molar-refractivity contribution >= 4 is 60.3 Å². The van der Waals surface area contributed by atoms with Crippen molar-refractivity contribution in [3.8, 4) is 5.75 Å². The summed E-state index contributed by atoms with van der Waals surface area (Å²) in [6.45, 7) is 7.25. The number of ether oxygens (including phenoxy) is 1. The van der Waals surface area contributed by atoms with Crippen LogP contribution in [0.2, 0.25) is 0 Å². The van der Waals surface area contributed by atoms with Gasteiger partial charge in [-0.25, -0.2) is 0 Å². The van der Waals surface area contributed by atoms with E-state index in [2.05, 4.69) is 31.9 Å². The zero-order valence-corrected chi connectivity index (χ0v) is 19.2. The van der Waals surface area contributed by atoms with E-state index in [1.165, 1.54) is 0 Å². The second kappa shape index (κ2) is 10.1. The molecule has 0 aliphatic heterocycles. The zero-order valence-electron chi connectivity index (χ0n) is 16.1. The molecule has 0 fully saturated rings. The number of rotatable bonds is 9. The summed E-state index contributed by atoms with van der Waals surface area (Å²) in [4.78, 5) is 24.7. The SMILES string of the molecule is CCN(CC)C(=O)/C=C(\C)c1cc2c(Br)cc(Br)c(OCCCC(=O)O)c2o1. The van der Waals surface area contributed by atoms with Crippen LogP contribution >= 0.6 is 31.9 Å². The number of halogens is 2. The van der Waals surface area contributed by atoms with Gasteiger partial charge >= 0.3 is 5.97 Å². The van der Waals surface area contributed by atoms with Gasteiger partial charge in [0.15, 0.2) is 11.3 Å². The zero-order chi connectivity index (χ0) is 20.8. The number of benzene rings is 1. The number of carboxylic acid groups (broad SMARTS) is 1. The first-order valence-corrected chi connectivity index (χ1v) is 10.6. The Labute approximate surface area is 180 Å². The summed E-state index contributed by atoms with van der Waals surface area (Å²) in [5.41, 5.74) is 1.25. The van der Waals surface area contributed by atoms with E-state index in [4.69, 9.17) is 14.3 Å². The van der Waals surface area contributed by atoms with Crippen LogP contribution in [0.25, 0.3) is 16.5 Å². The Bertz CT molecular complexity index is 900. The molecule has 0 saturated carbocycles. The minimum atomic E-state index is -0.859. The molecule has 0 bridgehead atoms. The van der Waals surface area contributed by atoms with E-state index in [0.717, 1.165) is 9.86 Å². The molecule has 0 saturated heterocycles. The predicted octanol–water partition coefficient (Wildman–Crippen LogP) is 5.47. The molecule has 0 aliphatic rings. The van der Waals surface area contributed by atoms with Crippen molar-refractivity contribution in [3.05, 3.63) is 32.9 Å². The van der Waals surface area contributed by atoms with Gasteiger partial charge in [-0.2, -0.15) is 0 Å². The molecule has 28 heavy (non-hydrogen) atoms. The third-order valence-corrected chi connectivity index (χ3v) is 5.50. The fraction of sp³-hybridized carbons (Fsp3) is 0.400. The molecule has 2 aromatic rings. The maximum Gasteiger partial charge on any atom is 0.303 e. The van der Waals surface area contributed by atoms with Gasteiger partial charge in [0, 0.05) is 35.4 Å². The predicted molar refractivity (Wildman–Crippen MR) is 116 cm³/mol. The number of carboxylic acids is 1. The Kier molecular flexibility index (Phi) is 8.12. The molecule has 1 aromatic heterocycles. The molecule has 1 heterocycles. The highest BCUT2D eigenvalue weighted by molar-refractivity contribution is 9.11. The standard InChI is InChI=1S/C20H23Br2NO5/c1-4-23(5-2)17(24)9-12(3)16-10-13-14(21)11-15(22)20(19(13)28-16)27-8-6-7-18(25)26/h9-11H,4-8H2,1-3H3,(H,25,26)/b12-9+. The van der Waals surface area contributed by atoms with Crippen molar-refractivity contribution in [3.63, 3.8) is 0 Å². The largest absolute Gasteiger partial charge is 0.488 e. The number of amides is 1. The second-order valence-electron chi connectivity index (χ2n) is 6.21. The van der Waals surface area contributed by atoms with Crippen molar-refractivity contribution in [1.82, 2.24) is 4.90 Å². The molecule has 6 nitrogen and oxygen atoms in total. The van der Waals surface area contributed by atoms with E-state index in [9.17, 15) is 9.59 Å². The lowest BCUT2D eigenvalue weighted by atomic mass is 10.2. The summed E-state index contributed by atoms with van der Waals surface area (Å²) in [6.07, 6.45) is 2.00. The molecule has 0 unspecified atom stereocenters. The lowest BCUT2D eigenvalue weighted by molar-refractivity contribution is -0.137. The number of nitrogens with zero attached hydrogens (tertiary/aromatic N) is 1. The molecule has 8 heteroatoms. The summed E-state index contributed by atoms with van der Waals surface area (Å²) in [5.74, 6) is 0.165. The van der Waals surface area contributed by atoms with Crippen LogP contribution in [-0.4, -0.2) is 41.6 Å². The van der Waals surface area contributed by atoms with Gasteiger partial charge in [0.05, 0.1) is 11.1 Å². The van der Waals surface area contributed by atoms with Crippen LogP contribution in [0.4, 0.5) is 0 Å². The number of allylic oxidation sites excluding steroid dienone is 1. The summed E-state index contributed by atoms with van der Waals surface area (Å²) >= 11 is 6.99. The maximum atomic E-state index is 12.3. The second-order valence-corrected chi connectivity index (χ2v) is 7.92. The first kappa shape index (κ1) is 22.5. The maximum absolute atomic E-state index is 12.3. The lowest BCUT2D eigenvalue weighted by Crippen LogP contribution is -2.28. The van der Waals surface area contributed by atoms with Crippen LogP contribution in [0.5, 0.6) is 5.75 Å². The molecule has 1 N–H and O–H groups in total. The van der Waals surface area contributed by atoms with Crippen molar-refractivity contribution in [2.75, 3.05) is 19.7 Å². The van der Waals surface area contributed by atoms with Gasteiger partial charge in [-0.05, 0) is 76.8 Å². The third kappa shape index (κ3) is 5.38. The van der Waals surface area contributed by atoms with Gasteiger partial charge in [0.1, 0.15) is 5.76 Å². The van der Waals surface area contributed by atoms with E-state index < -0.39 is 5.97 Å². The molecule has 1 aromatic carbocycles. The minimum Gasteiger partial charge on any atom is -0.488 e. The number of carbonyl (C=O) groups excluding carboxylic acids is 1.